The van der Waals surface area contributed by atoms with E-state index < -0.39 is 0 Å². The first kappa shape index (κ1) is 16.5. The van der Waals surface area contributed by atoms with Crippen molar-refractivity contribution in [3.63, 3.8) is 0 Å². The van der Waals surface area contributed by atoms with Crippen LogP contribution in [0.1, 0.15) is 22.3 Å². The van der Waals surface area contributed by atoms with E-state index in [-0.39, 0.29) is 11.8 Å². The SMILES string of the molecule is CNC(=O)c1cccc(NC(=O)CCc2ccccc2OC)c1. The molecule has 0 fully saturated rings. The fraction of sp³-hybridized carbons (Fsp3) is 0.222. The van der Waals surface area contributed by atoms with Crippen LogP contribution in [0.15, 0.2) is 48.5 Å². The summed E-state index contributed by atoms with van der Waals surface area (Å²) in [6, 6.07) is 14.5. The average Bonchev–Trinajstić information content (AvgIpc) is 2.59. The number of rotatable bonds is 6. The van der Waals surface area contributed by atoms with Gasteiger partial charge in [-0.3, -0.25) is 9.59 Å². The topological polar surface area (TPSA) is 67.4 Å². The molecular formula is C18H20N2O3. The normalized spacial score (nSPS) is 10.0. The van der Waals surface area contributed by atoms with Crippen LogP contribution < -0.4 is 15.4 Å². The number of para-hydroxylation sites is 1. The Morgan fingerprint density at radius 1 is 1.09 bits per heavy atom. The highest BCUT2D eigenvalue weighted by Crippen LogP contribution is 2.19. The summed E-state index contributed by atoms with van der Waals surface area (Å²) in [5.41, 5.74) is 2.11. The van der Waals surface area contributed by atoms with Gasteiger partial charge in [-0.1, -0.05) is 24.3 Å². The Bertz CT molecular complexity index is 698. The molecule has 0 aliphatic heterocycles. The number of aryl methyl sites for hydroxylation is 1. The van der Waals surface area contributed by atoms with Gasteiger partial charge in [0.05, 0.1) is 7.11 Å². The summed E-state index contributed by atoms with van der Waals surface area (Å²) in [5.74, 6) is 0.488. The molecule has 2 aromatic carbocycles. The van der Waals surface area contributed by atoms with Crippen molar-refractivity contribution in [2.45, 2.75) is 12.8 Å². The van der Waals surface area contributed by atoms with Gasteiger partial charge in [-0.2, -0.15) is 0 Å². The number of amides is 2. The van der Waals surface area contributed by atoms with E-state index in [9.17, 15) is 9.59 Å². The second kappa shape index (κ2) is 7.98. The summed E-state index contributed by atoms with van der Waals surface area (Å²) >= 11 is 0. The van der Waals surface area contributed by atoms with Crippen molar-refractivity contribution in [3.8, 4) is 5.75 Å². The minimum atomic E-state index is -0.185. The minimum absolute atomic E-state index is 0.107. The van der Waals surface area contributed by atoms with Crippen molar-refractivity contribution >= 4 is 17.5 Å². The van der Waals surface area contributed by atoms with Crippen LogP contribution in [-0.2, 0) is 11.2 Å². The lowest BCUT2D eigenvalue weighted by Crippen LogP contribution is -2.18. The number of nitrogens with one attached hydrogen (secondary N) is 2. The highest BCUT2D eigenvalue weighted by atomic mass is 16.5. The number of carbonyl (C=O) groups is 2. The molecule has 0 aliphatic rings. The van der Waals surface area contributed by atoms with Gasteiger partial charge in [0, 0.05) is 24.7 Å². The van der Waals surface area contributed by atoms with Crippen molar-refractivity contribution in [2.24, 2.45) is 0 Å². The van der Waals surface area contributed by atoms with Crippen molar-refractivity contribution in [1.82, 2.24) is 5.32 Å². The van der Waals surface area contributed by atoms with Crippen molar-refractivity contribution in [1.29, 1.82) is 0 Å². The molecule has 0 radical (unpaired) electrons. The molecule has 0 atom stereocenters. The van der Waals surface area contributed by atoms with Gasteiger partial charge in [0.15, 0.2) is 0 Å². The number of methoxy groups -OCH3 is 1. The van der Waals surface area contributed by atoms with Crippen LogP contribution in [0.5, 0.6) is 5.75 Å². The summed E-state index contributed by atoms with van der Waals surface area (Å²) in [4.78, 5) is 23.7. The first-order valence-electron chi connectivity index (χ1n) is 7.38. The largest absolute Gasteiger partial charge is 0.496 e. The Hall–Kier alpha value is -2.82. The Morgan fingerprint density at radius 2 is 1.87 bits per heavy atom. The zero-order chi connectivity index (χ0) is 16.7. The number of benzene rings is 2. The van der Waals surface area contributed by atoms with E-state index in [0.29, 0.717) is 24.1 Å². The highest BCUT2D eigenvalue weighted by molar-refractivity contribution is 5.97. The van der Waals surface area contributed by atoms with Crippen LogP contribution in [0.25, 0.3) is 0 Å². The predicted octanol–water partition coefficient (Wildman–Crippen LogP) is 2.63. The zero-order valence-electron chi connectivity index (χ0n) is 13.3. The monoisotopic (exact) mass is 312 g/mol. The van der Waals surface area contributed by atoms with E-state index in [1.165, 1.54) is 0 Å². The van der Waals surface area contributed by atoms with Crippen LogP contribution >= 0.6 is 0 Å². The van der Waals surface area contributed by atoms with Gasteiger partial charge in [0.1, 0.15) is 5.75 Å². The minimum Gasteiger partial charge on any atom is -0.496 e. The Balaban J connectivity index is 1.96. The van der Waals surface area contributed by atoms with Crippen LogP contribution in [0.2, 0.25) is 0 Å². The number of hydrogen-bond acceptors (Lipinski definition) is 3. The Labute approximate surface area is 135 Å². The molecule has 2 N–H and O–H groups in total. The van der Waals surface area contributed by atoms with Crippen LogP contribution in [0.3, 0.4) is 0 Å². The Morgan fingerprint density at radius 3 is 2.61 bits per heavy atom. The molecule has 0 bridgehead atoms. The first-order chi connectivity index (χ1) is 11.1. The lowest BCUT2D eigenvalue weighted by molar-refractivity contribution is -0.116. The fourth-order valence-corrected chi connectivity index (χ4v) is 2.26. The van der Waals surface area contributed by atoms with E-state index in [1.807, 2.05) is 24.3 Å². The molecule has 5 nitrogen and oxygen atoms in total. The molecule has 0 heterocycles. The molecule has 23 heavy (non-hydrogen) atoms. The molecule has 0 unspecified atom stereocenters. The van der Waals surface area contributed by atoms with Crippen LogP contribution in [0.4, 0.5) is 5.69 Å². The lowest BCUT2D eigenvalue weighted by Gasteiger charge is -2.09. The van der Waals surface area contributed by atoms with Crippen molar-refractivity contribution in [3.05, 3.63) is 59.7 Å². The zero-order valence-corrected chi connectivity index (χ0v) is 13.3. The second-order valence-corrected chi connectivity index (χ2v) is 5.02. The number of hydrogen-bond donors (Lipinski definition) is 2. The van der Waals surface area contributed by atoms with Gasteiger partial charge in [-0.15, -0.1) is 0 Å². The quantitative estimate of drug-likeness (QED) is 0.861. The molecule has 0 spiro atoms. The molecule has 0 aliphatic carbocycles. The van der Waals surface area contributed by atoms with Gasteiger partial charge in [0.2, 0.25) is 5.91 Å². The molecular weight excluding hydrogens is 292 g/mol. The lowest BCUT2D eigenvalue weighted by atomic mass is 10.1. The molecule has 5 heteroatoms. The van der Waals surface area contributed by atoms with Gasteiger partial charge < -0.3 is 15.4 Å². The van der Waals surface area contributed by atoms with Crippen molar-refractivity contribution in [2.75, 3.05) is 19.5 Å². The maximum Gasteiger partial charge on any atom is 0.251 e. The third-order valence-corrected chi connectivity index (χ3v) is 3.45. The van der Waals surface area contributed by atoms with Gasteiger partial charge in [-0.05, 0) is 36.2 Å². The molecule has 2 amide bonds. The smallest absolute Gasteiger partial charge is 0.251 e. The van der Waals surface area contributed by atoms with E-state index in [1.54, 1.807) is 38.4 Å². The highest BCUT2D eigenvalue weighted by Gasteiger charge is 2.08. The maximum absolute atomic E-state index is 12.1. The summed E-state index contributed by atoms with van der Waals surface area (Å²) in [6.45, 7) is 0. The molecule has 2 aromatic rings. The van der Waals surface area contributed by atoms with E-state index >= 15 is 0 Å². The molecule has 120 valence electrons. The Kier molecular flexibility index (Phi) is 5.74. The molecule has 0 aromatic heterocycles. The average molecular weight is 312 g/mol. The number of anilines is 1. The number of carbonyl (C=O) groups excluding carboxylic acids is 2. The third-order valence-electron chi connectivity index (χ3n) is 3.45. The summed E-state index contributed by atoms with van der Waals surface area (Å²) in [5, 5.41) is 5.36. The molecule has 0 saturated carbocycles. The first-order valence-corrected chi connectivity index (χ1v) is 7.38. The maximum atomic E-state index is 12.1. The van der Waals surface area contributed by atoms with E-state index in [4.69, 9.17) is 4.74 Å². The second-order valence-electron chi connectivity index (χ2n) is 5.02. The molecule has 2 rings (SSSR count). The summed E-state index contributed by atoms with van der Waals surface area (Å²) in [7, 11) is 3.18. The van der Waals surface area contributed by atoms with E-state index in [2.05, 4.69) is 10.6 Å². The summed E-state index contributed by atoms with van der Waals surface area (Å²) in [6.07, 6.45) is 0.926. The van der Waals surface area contributed by atoms with Crippen LogP contribution in [0, 0.1) is 0 Å². The van der Waals surface area contributed by atoms with Crippen LogP contribution in [-0.4, -0.2) is 26.0 Å². The summed E-state index contributed by atoms with van der Waals surface area (Å²) < 4.78 is 5.27. The van der Waals surface area contributed by atoms with E-state index in [0.717, 1.165) is 11.3 Å². The number of ether oxygens (including phenoxy) is 1. The standard InChI is InChI=1S/C18H20N2O3/c1-19-18(22)14-7-5-8-15(12-14)20-17(21)11-10-13-6-3-4-9-16(13)23-2/h3-9,12H,10-11H2,1-2H3,(H,19,22)(H,20,21). The third kappa shape index (κ3) is 4.57. The fourth-order valence-electron chi connectivity index (χ4n) is 2.26. The predicted molar refractivity (Wildman–Crippen MR) is 89.8 cm³/mol. The van der Waals surface area contributed by atoms with Crippen molar-refractivity contribution < 1.29 is 14.3 Å². The van der Waals surface area contributed by atoms with Gasteiger partial charge >= 0.3 is 0 Å². The van der Waals surface area contributed by atoms with Gasteiger partial charge in [0.25, 0.3) is 5.91 Å². The molecule has 0 saturated heterocycles. The van der Waals surface area contributed by atoms with Gasteiger partial charge in [-0.25, -0.2) is 0 Å².